The zero-order valence-electron chi connectivity index (χ0n) is 9.30. The number of nitrogens with zero attached hydrogens (tertiary/aromatic N) is 1. The van der Waals surface area contributed by atoms with Gasteiger partial charge in [-0.15, -0.1) is 0 Å². The fraction of sp³-hybridized carbons (Fsp3) is 0.400. The lowest BCUT2D eigenvalue weighted by atomic mass is 10.1. The molecule has 1 unspecified atom stereocenters. The highest BCUT2D eigenvalue weighted by Crippen LogP contribution is 2.14. The quantitative estimate of drug-likeness (QED) is 0.728. The molecule has 88 valence electrons. The van der Waals surface area contributed by atoms with Crippen LogP contribution >= 0.6 is 0 Å². The van der Waals surface area contributed by atoms with Crippen LogP contribution in [-0.2, 0) is 9.84 Å². The van der Waals surface area contributed by atoms with Gasteiger partial charge in [0.2, 0.25) is 0 Å². The molecule has 1 rings (SSSR count). The molecule has 0 aliphatic carbocycles. The summed E-state index contributed by atoms with van der Waals surface area (Å²) in [6, 6.07) is 1.47. The standard InChI is InChI=1S/C10H13NO4S/c1-7(16(3,13)14)10(12)8-4-9(15-2)6-11-5-8/h4-7H,1-3H3. The lowest BCUT2D eigenvalue weighted by Gasteiger charge is -2.08. The number of ketones is 1. The summed E-state index contributed by atoms with van der Waals surface area (Å²) in [6.07, 6.45) is 3.80. The summed E-state index contributed by atoms with van der Waals surface area (Å²) >= 11 is 0. The van der Waals surface area contributed by atoms with Crippen molar-refractivity contribution in [3.63, 3.8) is 0 Å². The van der Waals surface area contributed by atoms with Gasteiger partial charge in [-0.2, -0.15) is 0 Å². The first-order valence-corrected chi connectivity index (χ1v) is 6.54. The molecule has 0 aromatic carbocycles. The fourth-order valence-electron chi connectivity index (χ4n) is 1.09. The summed E-state index contributed by atoms with van der Waals surface area (Å²) in [4.78, 5) is 15.6. The zero-order valence-corrected chi connectivity index (χ0v) is 10.1. The largest absolute Gasteiger partial charge is 0.495 e. The molecule has 0 fully saturated rings. The lowest BCUT2D eigenvalue weighted by molar-refractivity contribution is 0.0991. The smallest absolute Gasteiger partial charge is 0.182 e. The van der Waals surface area contributed by atoms with Gasteiger partial charge in [-0.05, 0) is 13.0 Å². The minimum atomic E-state index is -3.39. The molecule has 6 heteroatoms. The molecule has 0 saturated carbocycles. The SMILES string of the molecule is COc1cncc(C(=O)C(C)S(C)(=O)=O)c1. The number of carbonyl (C=O) groups is 1. The predicted molar refractivity (Wildman–Crippen MR) is 59.4 cm³/mol. The number of hydrogen-bond donors (Lipinski definition) is 0. The Morgan fingerprint density at radius 2 is 2.06 bits per heavy atom. The van der Waals surface area contributed by atoms with E-state index < -0.39 is 20.9 Å². The number of hydrogen-bond acceptors (Lipinski definition) is 5. The Morgan fingerprint density at radius 3 is 2.56 bits per heavy atom. The molecule has 1 atom stereocenters. The lowest BCUT2D eigenvalue weighted by Crippen LogP contribution is -2.26. The Hall–Kier alpha value is -1.43. The van der Waals surface area contributed by atoms with E-state index in [0.29, 0.717) is 5.75 Å². The van der Waals surface area contributed by atoms with Crippen LogP contribution in [0.25, 0.3) is 0 Å². The molecule has 0 amide bonds. The van der Waals surface area contributed by atoms with Gasteiger partial charge in [0.15, 0.2) is 15.6 Å². The molecule has 0 spiro atoms. The van der Waals surface area contributed by atoms with E-state index in [1.54, 1.807) is 0 Å². The van der Waals surface area contributed by atoms with E-state index in [-0.39, 0.29) is 5.56 Å². The van der Waals surface area contributed by atoms with Crippen LogP contribution in [0.5, 0.6) is 5.75 Å². The van der Waals surface area contributed by atoms with Gasteiger partial charge in [0, 0.05) is 18.0 Å². The van der Waals surface area contributed by atoms with Gasteiger partial charge in [-0.1, -0.05) is 0 Å². The molecule has 0 bridgehead atoms. The first-order chi connectivity index (χ1) is 7.36. The van der Waals surface area contributed by atoms with Gasteiger partial charge in [-0.3, -0.25) is 9.78 Å². The number of Topliss-reactive ketones (excluding diaryl/α,β-unsaturated/α-hetero) is 1. The van der Waals surface area contributed by atoms with E-state index in [1.165, 1.54) is 32.5 Å². The maximum atomic E-state index is 11.8. The average Bonchev–Trinajstić information content (AvgIpc) is 2.26. The highest BCUT2D eigenvalue weighted by molar-refractivity contribution is 7.92. The fourth-order valence-corrected chi connectivity index (χ4v) is 1.62. The molecule has 1 aromatic rings. The van der Waals surface area contributed by atoms with Gasteiger partial charge in [0.05, 0.1) is 13.3 Å². The van der Waals surface area contributed by atoms with Crippen molar-refractivity contribution >= 4 is 15.6 Å². The van der Waals surface area contributed by atoms with Crippen molar-refractivity contribution in [3.05, 3.63) is 24.0 Å². The summed E-state index contributed by atoms with van der Waals surface area (Å²) in [7, 11) is -1.94. The molecule has 16 heavy (non-hydrogen) atoms. The second-order valence-electron chi connectivity index (χ2n) is 3.45. The summed E-state index contributed by atoms with van der Waals surface area (Å²) < 4.78 is 27.4. The average molecular weight is 243 g/mol. The van der Waals surface area contributed by atoms with Crippen molar-refractivity contribution in [2.75, 3.05) is 13.4 Å². The number of sulfone groups is 1. The minimum Gasteiger partial charge on any atom is -0.495 e. The third-order valence-electron chi connectivity index (χ3n) is 2.24. The van der Waals surface area contributed by atoms with E-state index in [2.05, 4.69) is 4.98 Å². The number of carbonyl (C=O) groups excluding carboxylic acids is 1. The van der Waals surface area contributed by atoms with Crippen LogP contribution in [0.2, 0.25) is 0 Å². The normalized spacial score (nSPS) is 13.2. The Balaban J connectivity index is 3.06. The van der Waals surface area contributed by atoms with Crippen LogP contribution in [0.3, 0.4) is 0 Å². The Labute approximate surface area is 94.4 Å². The molecular formula is C10H13NO4S. The van der Waals surface area contributed by atoms with Gasteiger partial charge in [0.1, 0.15) is 11.0 Å². The van der Waals surface area contributed by atoms with Crippen molar-refractivity contribution in [2.45, 2.75) is 12.2 Å². The maximum absolute atomic E-state index is 11.8. The van der Waals surface area contributed by atoms with Crippen LogP contribution in [0, 0.1) is 0 Å². The number of rotatable bonds is 4. The van der Waals surface area contributed by atoms with Crippen molar-refractivity contribution in [2.24, 2.45) is 0 Å². The number of aromatic nitrogens is 1. The Bertz CT molecular complexity index is 495. The second-order valence-corrected chi connectivity index (χ2v) is 5.82. The van der Waals surface area contributed by atoms with E-state index in [1.807, 2.05) is 0 Å². The van der Waals surface area contributed by atoms with Gasteiger partial charge >= 0.3 is 0 Å². The molecule has 1 heterocycles. The summed E-state index contributed by atoms with van der Waals surface area (Å²) in [6.45, 7) is 1.36. The molecule has 0 saturated heterocycles. The van der Waals surface area contributed by atoms with Crippen molar-refractivity contribution in [3.8, 4) is 5.75 Å². The predicted octanol–water partition coefficient (Wildman–Crippen LogP) is 0.706. The molecular weight excluding hydrogens is 230 g/mol. The minimum absolute atomic E-state index is 0.234. The van der Waals surface area contributed by atoms with Crippen LogP contribution < -0.4 is 4.74 Å². The van der Waals surface area contributed by atoms with Gasteiger partial charge in [0.25, 0.3) is 0 Å². The first-order valence-electron chi connectivity index (χ1n) is 4.58. The summed E-state index contributed by atoms with van der Waals surface area (Å²) in [5.74, 6) is -0.0551. The third-order valence-corrected chi connectivity index (χ3v) is 3.74. The van der Waals surface area contributed by atoms with E-state index in [0.717, 1.165) is 6.26 Å². The highest BCUT2D eigenvalue weighted by atomic mass is 32.2. The molecule has 5 nitrogen and oxygen atoms in total. The monoisotopic (exact) mass is 243 g/mol. The summed E-state index contributed by atoms with van der Waals surface area (Å²) in [5, 5.41) is -1.07. The maximum Gasteiger partial charge on any atom is 0.182 e. The molecule has 0 aliphatic heterocycles. The van der Waals surface area contributed by atoms with Gasteiger partial charge in [-0.25, -0.2) is 8.42 Å². The molecule has 0 N–H and O–H groups in total. The third kappa shape index (κ3) is 2.79. The van der Waals surface area contributed by atoms with E-state index in [4.69, 9.17) is 4.74 Å². The number of ether oxygens (including phenoxy) is 1. The molecule has 1 aromatic heterocycles. The van der Waals surface area contributed by atoms with Crippen LogP contribution in [-0.4, -0.2) is 37.8 Å². The second kappa shape index (κ2) is 4.61. The van der Waals surface area contributed by atoms with E-state index >= 15 is 0 Å². The zero-order chi connectivity index (χ0) is 12.3. The number of pyridine rings is 1. The Morgan fingerprint density at radius 1 is 1.44 bits per heavy atom. The topological polar surface area (TPSA) is 73.3 Å². The van der Waals surface area contributed by atoms with Crippen molar-refractivity contribution in [1.82, 2.24) is 4.98 Å². The molecule has 0 radical (unpaired) electrons. The van der Waals surface area contributed by atoms with Crippen molar-refractivity contribution in [1.29, 1.82) is 0 Å². The van der Waals surface area contributed by atoms with Crippen LogP contribution in [0.1, 0.15) is 17.3 Å². The first kappa shape index (κ1) is 12.6. The van der Waals surface area contributed by atoms with Crippen LogP contribution in [0.15, 0.2) is 18.5 Å². The Kier molecular flexibility index (Phi) is 3.64. The highest BCUT2D eigenvalue weighted by Gasteiger charge is 2.25. The van der Waals surface area contributed by atoms with Gasteiger partial charge < -0.3 is 4.74 Å². The van der Waals surface area contributed by atoms with Crippen LogP contribution in [0.4, 0.5) is 0 Å². The molecule has 0 aliphatic rings. The van der Waals surface area contributed by atoms with E-state index in [9.17, 15) is 13.2 Å². The van der Waals surface area contributed by atoms with Crippen molar-refractivity contribution < 1.29 is 17.9 Å². The number of methoxy groups -OCH3 is 1. The summed E-state index contributed by atoms with van der Waals surface area (Å²) in [5.41, 5.74) is 0.234.